The zero-order valence-electron chi connectivity index (χ0n) is 12.9. The van der Waals surface area contributed by atoms with Gasteiger partial charge in [0.25, 0.3) is 0 Å². The molecule has 0 amide bonds. The molecule has 0 saturated heterocycles. The van der Waals surface area contributed by atoms with Crippen molar-refractivity contribution < 1.29 is 9.47 Å². The highest BCUT2D eigenvalue weighted by molar-refractivity contribution is 5.60. The highest BCUT2D eigenvalue weighted by Gasteiger charge is 2.11. The number of hydrogen-bond donors (Lipinski definition) is 0. The van der Waals surface area contributed by atoms with Crippen molar-refractivity contribution in [2.75, 3.05) is 14.2 Å². The molecule has 2 nitrogen and oxygen atoms in total. The van der Waals surface area contributed by atoms with Crippen LogP contribution >= 0.6 is 0 Å². The molecule has 0 atom stereocenters. The van der Waals surface area contributed by atoms with Crippen molar-refractivity contribution in [1.29, 1.82) is 0 Å². The molecular formula is C16H28O2. The minimum absolute atomic E-state index is 0.417. The molecule has 2 heteroatoms. The Morgan fingerprint density at radius 2 is 1.39 bits per heavy atom. The van der Waals surface area contributed by atoms with Crippen molar-refractivity contribution >= 4 is 5.57 Å². The first-order chi connectivity index (χ1) is 8.43. The average Bonchev–Trinajstić information content (AvgIpc) is 2.42. The van der Waals surface area contributed by atoms with Gasteiger partial charge in [-0.1, -0.05) is 56.3 Å². The summed E-state index contributed by atoms with van der Waals surface area (Å²) in [4.78, 5) is 0. The normalized spacial score (nSPS) is 9.50. The van der Waals surface area contributed by atoms with E-state index < -0.39 is 5.79 Å². The van der Waals surface area contributed by atoms with Gasteiger partial charge in [0, 0.05) is 14.2 Å². The van der Waals surface area contributed by atoms with Crippen molar-refractivity contribution in [3.8, 4) is 0 Å². The third-order valence-corrected chi connectivity index (χ3v) is 2.25. The largest absolute Gasteiger partial charge is 0.354 e. The fourth-order valence-electron chi connectivity index (χ4n) is 0.806. The minimum Gasteiger partial charge on any atom is -0.354 e. The highest BCUT2D eigenvalue weighted by Crippen LogP contribution is 2.08. The van der Waals surface area contributed by atoms with Crippen LogP contribution in [-0.2, 0) is 9.47 Å². The van der Waals surface area contributed by atoms with E-state index in [0.29, 0.717) is 0 Å². The summed E-state index contributed by atoms with van der Waals surface area (Å²) in [5.74, 6) is -0.417. The van der Waals surface area contributed by atoms with Crippen LogP contribution in [0.5, 0.6) is 0 Å². The molecule has 0 aliphatic rings. The van der Waals surface area contributed by atoms with Crippen LogP contribution in [0.2, 0.25) is 0 Å². The summed E-state index contributed by atoms with van der Waals surface area (Å²) < 4.78 is 9.73. The maximum absolute atomic E-state index is 4.86. The molecule has 0 heterocycles. The molecule has 1 aromatic rings. The van der Waals surface area contributed by atoms with Crippen molar-refractivity contribution in [2.24, 2.45) is 0 Å². The topological polar surface area (TPSA) is 18.5 Å². The fraction of sp³-hybridized carbons (Fsp3) is 0.500. The lowest BCUT2D eigenvalue weighted by Crippen LogP contribution is -2.24. The van der Waals surface area contributed by atoms with Crippen molar-refractivity contribution in [2.45, 2.75) is 40.4 Å². The molecule has 0 unspecified atom stereocenters. The van der Waals surface area contributed by atoms with Crippen LogP contribution < -0.4 is 0 Å². The molecule has 0 aliphatic carbocycles. The number of allylic oxidation sites excluding steroid dienone is 1. The second-order valence-electron chi connectivity index (χ2n) is 3.95. The quantitative estimate of drug-likeness (QED) is 0.722. The van der Waals surface area contributed by atoms with Crippen LogP contribution in [0.25, 0.3) is 5.57 Å². The number of benzene rings is 1. The molecule has 104 valence electrons. The summed E-state index contributed by atoms with van der Waals surface area (Å²) in [6.07, 6.45) is 0. The van der Waals surface area contributed by atoms with Gasteiger partial charge in [0.1, 0.15) is 0 Å². The lowest BCUT2D eigenvalue weighted by molar-refractivity contribution is -0.178. The lowest BCUT2D eigenvalue weighted by atomic mass is 10.1. The van der Waals surface area contributed by atoms with E-state index in [9.17, 15) is 0 Å². The fourth-order valence-corrected chi connectivity index (χ4v) is 0.806. The zero-order valence-corrected chi connectivity index (χ0v) is 12.9. The first kappa shape index (κ1) is 19.2. The number of methoxy groups -OCH3 is 2. The monoisotopic (exact) mass is 252 g/mol. The second-order valence-corrected chi connectivity index (χ2v) is 3.95. The van der Waals surface area contributed by atoms with E-state index in [2.05, 4.69) is 18.7 Å². The molecule has 0 fully saturated rings. The van der Waals surface area contributed by atoms with Gasteiger partial charge >= 0.3 is 0 Å². The molecule has 1 rings (SSSR count). The van der Waals surface area contributed by atoms with E-state index in [1.807, 2.05) is 52.8 Å². The van der Waals surface area contributed by atoms with E-state index in [0.717, 1.165) is 5.57 Å². The third-order valence-electron chi connectivity index (χ3n) is 2.25. The molecule has 0 radical (unpaired) electrons. The SMILES string of the molecule is C=C(C)c1ccccc1.CC.COC(C)(C)OC. The Bertz CT molecular complexity index is 296. The third kappa shape index (κ3) is 10.1. The van der Waals surface area contributed by atoms with Gasteiger partial charge in [-0.15, -0.1) is 0 Å². The Hall–Kier alpha value is -1.12. The molecule has 0 bridgehead atoms. The molecule has 18 heavy (non-hydrogen) atoms. The second kappa shape index (κ2) is 11.0. The maximum atomic E-state index is 4.86. The van der Waals surface area contributed by atoms with Crippen LogP contribution in [-0.4, -0.2) is 20.0 Å². The number of ether oxygens (including phenoxy) is 2. The minimum atomic E-state index is -0.417. The summed E-state index contributed by atoms with van der Waals surface area (Å²) in [6, 6.07) is 10.2. The van der Waals surface area contributed by atoms with E-state index >= 15 is 0 Å². The van der Waals surface area contributed by atoms with Crippen LogP contribution in [0.4, 0.5) is 0 Å². The van der Waals surface area contributed by atoms with E-state index in [4.69, 9.17) is 9.47 Å². The molecule has 1 aromatic carbocycles. The highest BCUT2D eigenvalue weighted by atomic mass is 16.7. The van der Waals surface area contributed by atoms with E-state index in [1.54, 1.807) is 14.2 Å². The van der Waals surface area contributed by atoms with E-state index in [1.165, 1.54) is 5.56 Å². The summed E-state index contributed by atoms with van der Waals surface area (Å²) in [5.41, 5.74) is 2.34. The molecule has 0 saturated carbocycles. The van der Waals surface area contributed by atoms with Crippen LogP contribution in [0, 0.1) is 0 Å². The van der Waals surface area contributed by atoms with Crippen molar-refractivity contribution in [3.63, 3.8) is 0 Å². The summed E-state index contributed by atoms with van der Waals surface area (Å²) in [5, 5.41) is 0. The smallest absolute Gasteiger partial charge is 0.161 e. The first-order valence-corrected chi connectivity index (χ1v) is 6.24. The maximum Gasteiger partial charge on any atom is 0.161 e. The lowest BCUT2D eigenvalue weighted by Gasteiger charge is -2.19. The van der Waals surface area contributed by atoms with Crippen molar-refractivity contribution in [1.82, 2.24) is 0 Å². The Morgan fingerprint density at radius 3 is 1.56 bits per heavy atom. The molecule has 0 aliphatic heterocycles. The van der Waals surface area contributed by atoms with Crippen molar-refractivity contribution in [3.05, 3.63) is 42.5 Å². The Labute approximate surface area is 113 Å². The first-order valence-electron chi connectivity index (χ1n) is 6.24. The van der Waals surface area contributed by atoms with E-state index in [-0.39, 0.29) is 0 Å². The van der Waals surface area contributed by atoms with Gasteiger partial charge in [-0.05, 0) is 26.3 Å². The summed E-state index contributed by atoms with van der Waals surface area (Å²) in [6.45, 7) is 13.5. The predicted molar refractivity (Wildman–Crippen MR) is 80.6 cm³/mol. The molecule has 0 N–H and O–H groups in total. The van der Waals surface area contributed by atoms with Gasteiger partial charge in [0.05, 0.1) is 0 Å². The summed E-state index contributed by atoms with van der Waals surface area (Å²) >= 11 is 0. The van der Waals surface area contributed by atoms with Gasteiger partial charge in [-0.3, -0.25) is 0 Å². The molecule has 0 aromatic heterocycles. The number of rotatable bonds is 3. The Morgan fingerprint density at radius 1 is 1.00 bits per heavy atom. The van der Waals surface area contributed by atoms with Gasteiger partial charge in [-0.2, -0.15) is 0 Å². The van der Waals surface area contributed by atoms with Gasteiger partial charge in [0.2, 0.25) is 0 Å². The average molecular weight is 252 g/mol. The van der Waals surface area contributed by atoms with Gasteiger partial charge < -0.3 is 9.47 Å². The number of hydrogen-bond acceptors (Lipinski definition) is 2. The van der Waals surface area contributed by atoms with Crippen LogP contribution in [0.15, 0.2) is 36.9 Å². The Kier molecular flexibility index (Phi) is 11.7. The van der Waals surface area contributed by atoms with Crippen LogP contribution in [0.3, 0.4) is 0 Å². The standard InChI is InChI=1S/C9H10.C5H12O2.C2H6/c1-8(2)9-6-4-3-5-7-9;1-5(2,6-3)7-4;1-2/h3-7H,1H2,2H3;1-4H3;1-2H3. The molecule has 0 spiro atoms. The zero-order chi connectivity index (χ0) is 14.6. The van der Waals surface area contributed by atoms with Crippen LogP contribution in [0.1, 0.15) is 40.2 Å². The van der Waals surface area contributed by atoms with Gasteiger partial charge in [0.15, 0.2) is 5.79 Å². The summed E-state index contributed by atoms with van der Waals surface area (Å²) in [7, 11) is 3.23. The van der Waals surface area contributed by atoms with Gasteiger partial charge in [-0.25, -0.2) is 0 Å². The Balaban J connectivity index is 0. The molecular weight excluding hydrogens is 224 g/mol. The predicted octanol–water partition coefficient (Wildman–Crippen LogP) is 4.76.